The van der Waals surface area contributed by atoms with Gasteiger partial charge in [-0.05, 0) is 44.9 Å². The molecule has 0 radical (unpaired) electrons. The van der Waals surface area contributed by atoms with Crippen LogP contribution in [-0.4, -0.2) is 33.2 Å². The van der Waals surface area contributed by atoms with Crippen LogP contribution in [0.4, 0.5) is 0 Å². The topological polar surface area (TPSA) is 54.2 Å². The van der Waals surface area contributed by atoms with Crippen LogP contribution in [0.1, 0.15) is 32.0 Å². The van der Waals surface area contributed by atoms with Crippen molar-refractivity contribution in [3.63, 3.8) is 0 Å². The van der Waals surface area contributed by atoms with Crippen molar-refractivity contribution in [1.29, 1.82) is 0 Å². The van der Waals surface area contributed by atoms with Gasteiger partial charge in [0.1, 0.15) is 0 Å². The predicted octanol–water partition coefficient (Wildman–Crippen LogP) is 1.35. The average Bonchev–Trinajstić information content (AvgIpc) is 3.05. The Bertz CT molecular complexity index is 529. The first-order valence-electron chi connectivity index (χ1n) is 7.08. The van der Waals surface area contributed by atoms with E-state index in [-0.39, 0.29) is 0 Å². The molecule has 1 aliphatic rings. The van der Waals surface area contributed by atoms with E-state index in [1.165, 1.54) is 25.8 Å². The van der Waals surface area contributed by atoms with E-state index in [1.807, 2.05) is 28.8 Å². The number of rotatable bonds is 5. The summed E-state index contributed by atoms with van der Waals surface area (Å²) in [5.41, 5.74) is 0.907. The Kier molecular flexibility index (Phi) is 3.75. The molecule has 0 aromatic carbocycles. The Morgan fingerprint density at radius 2 is 2.42 bits per heavy atom. The standard InChI is InChI=1S/C14H21N5/c1-11(9-12-5-4-7-15-12)16-10-14-18-17-13-6-2-3-8-19(13)14/h2-3,6,8,11-12,15-16H,4-5,7,9-10H2,1H3. The highest BCUT2D eigenvalue weighted by molar-refractivity contribution is 5.36. The Morgan fingerprint density at radius 1 is 1.47 bits per heavy atom. The van der Waals surface area contributed by atoms with Crippen LogP contribution in [-0.2, 0) is 6.54 Å². The maximum Gasteiger partial charge on any atom is 0.160 e. The third-order valence-corrected chi connectivity index (χ3v) is 3.79. The predicted molar refractivity (Wildman–Crippen MR) is 74.9 cm³/mol. The van der Waals surface area contributed by atoms with E-state index < -0.39 is 0 Å². The molecular weight excluding hydrogens is 238 g/mol. The molecule has 3 heterocycles. The van der Waals surface area contributed by atoms with Crippen LogP contribution in [0.3, 0.4) is 0 Å². The van der Waals surface area contributed by atoms with Gasteiger partial charge in [-0.15, -0.1) is 10.2 Å². The second-order valence-electron chi connectivity index (χ2n) is 5.36. The lowest BCUT2D eigenvalue weighted by atomic mass is 10.1. The second-order valence-corrected chi connectivity index (χ2v) is 5.36. The molecule has 1 fully saturated rings. The van der Waals surface area contributed by atoms with Gasteiger partial charge in [0.25, 0.3) is 0 Å². The monoisotopic (exact) mass is 259 g/mol. The number of aromatic nitrogens is 3. The van der Waals surface area contributed by atoms with Gasteiger partial charge in [0.2, 0.25) is 0 Å². The molecule has 2 aromatic heterocycles. The van der Waals surface area contributed by atoms with Crippen molar-refractivity contribution in [2.24, 2.45) is 0 Å². The maximum absolute atomic E-state index is 4.23. The molecule has 0 aliphatic carbocycles. The molecule has 2 unspecified atom stereocenters. The number of pyridine rings is 1. The molecule has 1 saturated heterocycles. The molecule has 0 amide bonds. The van der Waals surface area contributed by atoms with Crippen molar-refractivity contribution in [3.05, 3.63) is 30.2 Å². The quantitative estimate of drug-likeness (QED) is 0.851. The van der Waals surface area contributed by atoms with Gasteiger partial charge in [0.15, 0.2) is 11.5 Å². The van der Waals surface area contributed by atoms with Gasteiger partial charge < -0.3 is 10.6 Å². The molecule has 2 aromatic rings. The molecule has 1 aliphatic heterocycles. The Labute approximate surface area is 113 Å². The van der Waals surface area contributed by atoms with E-state index in [0.29, 0.717) is 12.1 Å². The number of nitrogens with one attached hydrogen (secondary N) is 2. The van der Waals surface area contributed by atoms with Gasteiger partial charge in [-0.1, -0.05) is 6.07 Å². The zero-order valence-electron chi connectivity index (χ0n) is 11.3. The van der Waals surface area contributed by atoms with Gasteiger partial charge in [-0.25, -0.2) is 0 Å². The fourth-order valence-corrected chi connectivity index (χ4v) is 2.74. The normalized spacial score (nSPS) is 21.0. The first-order valence-corrected chi connectivity index (χ1v) is 7.08. The summed E-state index contributed by atoms with van der Waals surface area (Å²) in [4.78, 5) is 0. The van der Waals surface area contributed by atoms with Crippen LogP contribution in [0.5, 0.6) is 0 Å². The third-order valence-electron chi connectivity index (χ3n) is 3.79. The summed E-state index contributed by atoms with van der Waals surface area (Å²) in [6.45, 7) is 4.18. The molecule has 2 atom stereocenters. The van der Waals surface area contributed by atoms with E-state index >= 15 is 0 Å². The van der Waals surface area contributed by atoms with Crippen molar-refractivity contribution < 1.29 is 0 Å². The molecule has 5 nitrogen and oxygen atoms in total. The molecular formula is C14H21N5. The van der Waals surface area contributed by atoms with Crippen molar-refractivity contribution in [2.45, 2.75) is 44.8 Å². The van der Waals surface area contributed by atoms with E-state index in [0.717, 1.165) is 18.0 Å². The summed E-state index contributed by atoms with van der Waals surface area (Å²) in [5, 5.41) is 15.5. The molecule has 102 valence electrons. The molecule has 3 rings (SSSR count). The lowest BCUT2D eigenvalue weighted by Gasteiger charge is -2.17. The van der Waals surface area contributed by atoms with Gasteiger partial charge in [-0.3, -0.25) is 4.40 Å². The first-order chi connectivity index (χ1) is 9.33. The number of nitrogens with zero attached hydrogens (tertiary/aromatic N) is 3. The summed E-state index contributed by atoms with van der Waals surface area (Å²) in [6, 6.07) is 7.13. The average molecular weight is 259 g/mol. The van der Waals surface area contributed by atoms with Gasteiger partial charge >= 0.3 is 0 Å². The Morgan fingerprint density at radius 3 is 3.26 bits per heavy atom. The largest absolute Gasteiger partial charge is 0.314 e. The van der Waals surface area contributed by atoms with Crippen molar-refractivity contribution in [3.8, 4) is 0 Å². The van der Waals surface area contributed by atoms with Crippen LogP contribution >= 0.6 is 0 Å². The van der Waals surface area contributed by atoms with E-state index in [9.17, 15) is 0 Å². The minimum Gasteiger partial charge on any atom is -0.314 e. The third kappa shape index (κ3) is 2.93. The highest BCUT2D eigenvalue weighted by Gasteiger charge is 2.17. The van der Waals surface area contributed by atoms with E-state index in [2.05, 4.69) is 27.8 Å². The lowest BCUT2D eigenvalue weighted by Crippen LogP contribution is -2.33. The first kappa shape index (κ1) is 12.6. The SMILES string of the molecule is CC(CC1CCCN1)NCc1nnc2ccccn12. The van der Waals surface area contributed by atoms with Crippen molar-refractivity contribution >= 4 is 5.65 Å². The molecule has 0 bridgehead atoms. The minimum atomic E-state index is 0.492. The van der Waals surface area contributed by atoms with Gasteiger partial charge in [0, 0.05) is 18.3 Å². The summed E-state index contributed by atoms with van der Waals surface area (Å²) < 4.78 is 2.04. The highest BCUT2D eigenvalue weighted by Crippen LogP contribution is 2.11. The van der Waals surface area contributed by atoms with Crippen LogP contribution in [0.15, 0.2) is 24.4 Å². The minimum absolute atomic E-state index is 0.492. The zero-order chi connectivity index (χ0) is 13.1. The Balaban J connectivity index is 1.56. The van der Waals surface area contributed by atoms with E-state index in [4.69, 9.17) is 0 Å². The van der Waals surface area contributed by atoms with Crippen LogP contribution in [0, 0.1) is 0 Å². The summed E-state index contributed by atoms with van der Waals surface area (Å²) in [5.74, 6) is 0.974. The molecule has 5 heteroatoms. The zero-order valence-corrected chi connectivity index (χ0v) is 11.3. The smallest absolute Gasteiger partial charge is 0.160 e. The molecule has 0 spiro atoms. The summed E-state index contributed by atoms with van der Waals surface area (Å²) >= 11 is 0. The number of hydrogen-bond acceptors (Lipinski definition) is 4. The van der Waals surface area contributed by atoms with Gasteiger partial charge in [0.05, 0.1) is 6.54 Å². The van der Waals surface area contributed by atoms with E-state index in [1.54, 1.807) is 0 Å². The number of fused-ring (bicyclic) bond motifs is 1. The maximum atomic E-state index is 4.23. The Hall–Kier alpha value is -1.46. The lowest BCUT2D eigenvalue weighted by molar-refractivity contribution is 0.435. The fourth-order valence-electron chi connectivity index (χ4n) is 2.74. The molecule has 19 heavy (non-hydrogen) atoms. The van der Waals surface area contributed by atoms with Crippen LogP contribution in [0.2, 0.25) is 0 Å². The fraction of sp³-hybridized carbons (Fsp3) is 0.571. The number of hydrogen-bond donors (Lipinski definition) is 2. The highest BCUT2D eigenvalue weighted by atomic mass is 15.3. The van der Waals surface area contributed by atoms with Crippen molar-refractivity contribution in [1.82, 2.24) is 25.2 Å². The van der Waals surface area contributed by atoms with Crippen LogP contribution in [0.25, 0.3) is 5.65 Å². The molecule has 0 saturated carbocycles. The van der Waals surface area contributed by atoms with Crippen molar-refractivity contribution in [2.75, 3.05) is 6.54 Å². The summed E-state index contributed by atoms with van der Waals surface area (Å²) in [7, 11) is 0. The van der Waals surface area contributed by atoms with Crippen LogP contribution < -0.4 is 10.6 Å². The van der Waals surface area contributed by atoms with Gasteiger partial charge in [-0.2, -0.15) is 0 Å². The second kappa shape index (κ2) is 5.67. The summed E-state index contributed by atoms with van der Waals surface area (Å²) in [6.07, 6.45) is 5.80. The molecule has 2 N–H and O–H groups in total.